The van der Waals surface area contributed by atoms with E-state index in [0.717, 1.165) is 4.90 Å². The van der Waals surface area contributed by atoms with Crippen molar-refractivity contribution in [3.63, 3.8) is 0 Å². The molecule has 2 N–H and O–H groups in total. The lowest BCUT2D eigenvalue weighted by Crippen LogP contribution is -2.45. The molecule has 1 heterocycles. The van der Waals surface area contributed by atoms with E-state index in [2.05, 4.69) is 0 Å². The first kappa shape index (κ1) is 13.1. The van der Waals surface area contributed by atoms with Crippen molar-refractivity contribution in [1.82, 2.24) is 4.90 Å². The van der Waals surface area contributed by atoms with Gasteiger partial charge in [0.05, 0.1) is 0 Å². The molecule has 0 saturated heterocycles. The van der Waals surface area contributed by atoms with Crippen LogP contribution in [-0.2, 0) is 5.72 Å². The first-order valence-corrected chi connectivity index (χ1v) is 6.47. The van der Waals surface area contributed by atoms with Crippen LogP contribution in [0.3, 0.4) is 0 Å². The van der Waals surface area contributed by atoms with Crippen LogP contribution in [0, 0.1) is 0 Å². The van der Waals surface area contributed by atoms with Gasteiger partial charge in [-0.05, 0) is 18.2 Å². The van der Waals surface area contributed by atoms with Crippen molar-refractivity contribution in [2.45, 2.75) is 5.72 Å². The van der Waals surface area contributed by atoms with Crippen LogP contribution >= 0.6 is 11.6 Å². The number of aliphatic hydroxyl groups excluding tert-OH is 1. The zero-order chi connectivity index (χ0) is 14.3. The summed E-state index contributed by atoms with van der Waals surface area (Å²) in [5.41, 5.74) is -0.471. The molecule has 0 aromatic heterocycles. The molecule has 4 nitrogen and oxygen atoms in total. The number of benzene rings is 2. The van der Waals surface area contributed by atoms with Crippen molar-refractivity contribution in [2.75, 3.05) is 6.73 Å². The van der Waals surface area contributed by atoms with Crippen molar-refractivity contribution >= 4 is 17.5 Å². The molecular formula is C15H12ClNO3. The number of nitrogens with zero attached hydrogens (tertiary/aromatic N) is 1. The Balaban J connectivity index is 2.29. The maximum absolute atomic E-state index is 12.3. The van der Waals surface area contributed by atoms with Gasteiger partial charge in [0.2, 0.25) is 0 Å². The van der Waals surface area contributed by atoms with Crippen LogP contribution in [0.15, 0.2) is 48.5 Å². The van der Waals surface area contributed by atoms with Gasteiger partial charge in [-0.2, -0.15) is 0 Å². The molecule has 20 heavy (non-hydrogen) atoms. The lowest BCUT2D eigenvalue weighted by Gasteiger charge is -2.33. The molecule has 1 atom stereocenters. The monoisotopic (exact) mass is 289 g/mol. The number of aliphatic hydroxyl groups is 2. The Morgan fingerprint density at radius 3 is 2.50 bits per heavy atom. The molecule has 2 aromatic carbocycles. The minimum Gasteiger partial charge on any atom is -0.376 e. The molecule has 1 amide bonds. The van der Waals surface area contributed by atoms with Gasteiger partial charge in [-0.1, -0.05) is 41.9 Å². The summed E-state index contributed by atoms with van der Waals surface area (Å²) in [6.07, 6.45) is 0. The Hall–Kier alpha value is -1.88. The van der Waals surface area contributed by atoms with Crippen molar-refractivity contribution in [3.8, 4) is 0 Å². The van der Waals surface area contributed by atoms with Gasteiger partial charge < -0.3 is 10.2 Å². The second-order valence-electron chi connectivity index (χ2n) is 4.60. The third-order valence-corrected chi connectivity index (χ3v) is 3.78. The maximum atomic E-state index is 12.3. The maximum Gasteiger partial charge on any atom is 0.258 e. The first-order valence-electron chi connectivity index (χ1n) is 6.10. The van der Waals surface area contributed by atoms with Crippen molar-refractivity contribution in [2.24, 2.45) is 0 Å². The number of hydrogen-bond donors (Lipinski definition) is 2. The summed E-state index contributed by atoms with van der Waals surface area (Å²) >= 11 is 5.97. The summed E-state index contributed by atoms with van der Waals surface area (Å²) in [6.45, 7) is -0.587. The van der Waals surface area contributed by atoms with E-state index in [4.69, 9.17) is 11.6 Å². The van der Waals surface area contributed by atoms with Gasteiger partial charge in [0, 0.05) is 21.7 Å². The molecule has 0 aliphatic carbocycles. The number of amides is 1. The van der Waals surface area contributed by atoms with Crippen LogP contribution in [0.2, 0.25) is 5.02 Å². The van der Waals surface area contributed by atoms with Crippen molar-refractivity contribution in [1.29, 1.82) is 0 Å². The molecule has 5 heteroatoms. The lowest BCUT2D eigenvalue weighted by atomic mass is 9.94. The number of carbonyl (C=O) groups excluding carboxylic acids is 1. The number of fused-ring (bicyclic) bond motifs is 1. The fourth-order valence-corrected chi connectivity index (χ4v) is 2.75. The predicted octanol–water partition coefficient (Wildman–Crippen LogP) is 1.94. The Labute approximate surface area is 120 Å². The molecule has 1 aliphatic heterocycles. The van der Waals surface area contributed by atoms with E-state index in [-0.39, 0.29) is 0 Å². The Morgan fingerprint density at radius 2 is 1.85 bits per heavy atom. The number of halogens is 1. The van der Waals surface area contributed by atoms with Gasteiger partial charge in [-0.15, -0.1) is 0 Å². The van der Waals surface area contributed by atoms with Crippen LogP contribution in [0.4, 0.5) is 0 Å². The third kappa shape index (κ3) is 1.66. The first-order chi connectivity index (χ1) is 9.59. The smallest absolute Gasteiger partial charge is 0.258 e. The summed E-state index contributed by atoms with van der Waals surface area (Å²) in [5, 5.41) is 21.0. The molecular weight excluding hydrogens is 278 g/mol. The highest BCUT2D eigenvalue weighted by atomic mass is 35.5. The van der Waals surface area contributed by atoms with E-state index in [1.165, 1.54) is 0 Å². The second kappa shape index (κ2) is 4.59. The van der Waals surface area contributed by atoms with E-state index < -0.39 is 18.4 Å². The predicted molar refractivity (Wildman–Crippen MR) is 74.1 cm³/mol. The number of carbonyl (C=O) groups is 1. The number of rotatable bonds is 2. The van der Waals surface area contributed by atoms with Gasteiger partial charge in [0.15, 0.2) is 5.72 Å². The molecule has 0 fully saturated rings. The van der Waals surface area contributed by atoms with E-state index in [1.807, 2.05) is 6.07 Å². The molecule has 3 rings (SSSR count). The summed E-state index contributed by atoms with van der Waals surface area (Å²) < 4.78 is 0. The Morgan fingerprint density at radius 1 is 1.15 bits per heavy atom. The molecule has 2 aromatic rings. The summed E-state index contributed by atoms with van der Waals surface area (Å²) in [5.74, 6) is -0.425. The van der Waals surface area contributed by atoms with Gasteiger partial charge >= 0.3 is 0 Å². The Kier molecular flexibility index (Phi) is 3.01. The average molecular weight is 290 g/mol. The molecule has 102 valence electrons. The summed E-state index contributed by atoms with van der Waals surface area (Å²) in [6, 6.07) is 13.4. The molecule has 0 saturated carbocycles. The summed E-state index contributed by atoms with van der Waals surface area (Å²) in [4.78, 5) is 13.3. The fraction of sp³-hybridized carbons (Fsp3) is 0.133. The highest BCUT2D eigenvalue weighted by Gasteiger charge is 2.49. The van der Waals surface area contributed by atoms with Crippen molar-refractivity contribution < 1.29 is 15.0 Å². The highest BCUT2D eigenvalue weighted by molar-refractivity contribution is 6.30. The van der Waals surface area contributed by atoms with E-state index >= 15 is 0 Å². The minimum absolute atomic E-state index is 0.342. The minimum atomic E-state index is -1.70. The molecule has 1 unspecified atom stereocenters. The zero-order valence-corrected chi connectivity index (χ0v) is 11.2. The summed E-state index contributed by atoms with van der Waals surface area (Å²) in [7, 11) is 0. The van der Waals surface area contributed by atoms with Gasteiger partial charge in [-0.3, -0.25) is 9.69 Å². The van der Waals surface area contributed by atoms with E-state index in [0.29, 0.717) is 21.7 Å². The van der Waals surface area contributed by atoms with E-state index in [9.17, 15) is 15.0 Å². The quantitative estimate of drug-likeness (QED) is 0.888. The molecule has 1 aliphatic rings. The molecule has 0 radical (unpaired) electrons. The van der Waals surface area contributed by atoms with Crippen molar-refractivity contribution in [3.05, 3.63) is 70.2 Å². The average Bonchev–Trinajstić information content (AvgIpc) is 2.69. The molecule has 0 spiro atoms. The normalized spacial score (nSPS) is 21.1. The van der Waals surface area contributed by atoms with Gasteiger partial charge in [-0.25, -0.2) is 0 Å². The van der Waals surface area contributed by atoms with Crippen LogP contribution in [0.25, 0.3) is 0 Å². The SMILES string of the molecule is O=C1c2ccc(Cl)cc2C(O)(c2ccccc2)N1CO. The van der Waals surface area contributed by atoms with Gasteiger partial charge in [0.25, 0.3) is 5.91 Å². The number of hydrogen-bond acceptors (Lipinski definition) is 3. The fourth-order valence-electron chi connectivity index (χ4n) is 2.58. The third-order valence-electron chi connectivity index (χ3n) is 3.54. The van der Waals surface area contributed by atoms with Crippen LogP contribution < -0.4 is 0 Å². The van der Waals surface area contributed by atoms with Crippen LogP contribution in [-0.4, -0.2) is 27.8 Å². The largest absolute Gasteiger partial charge is 0.376 e. The zero-order valence-electron chi connectivity index (χ0n) is 10.5. The topological polar surface area (TPSA) is 60.8 Å². The van der Waals surface area contributed by atoms with Crippen LogP contribution in [0.5, 0.6) is 0 Å². The Bertz CT molecular complexity index is 674. The van der Waals surface area contributed by atoms with Crippen LogP contribution in [0.1, 0.15) is 21.5 Å². The lowest BCUT2D eigenvalue weighted by molar-refractivity contribution is -0.0819. The standard InChI is InChI=1S/C15H12ClNO3/c16-11-6-7-12-13(8-11)15(20,17(9-18)14(12)19)10-4-2-1-3-5-10/h1-8,18,20H,9H2. The second-order valence-corrected chi connectivity index (χ2v) is 5.04. The van der Waals surface area contributed by atoms with Gasteiger partial charge in [0.1, 0.15) is 6.73 Å². The molecule has 0 bridgehead atoms. The highest BCUT2D eigenvalue weighted by Crippen LogP contribution is 2.42. The van der Waals surface area contributed by atoms with E-state index in [1.54, 1.807) is 42.5 Å².